The predicted octanol–water partition coefficient (Wildman–Crippen LogP) is 4.91. The van der Waals surface area contributed by atoms with Crippen molar-refractivity contribution < 1.29 is 13.5 Å². The first kappa shape index (κ1) is 16.1. The van der Waals surface area contributed by atoms with Gasteiger partial charge < -0.3 is 4.74 Å². The third-order valence-corrected chi connectivity index (χ3v) is 6.02. The van der Waals surface area contributed by atoms with E-state index in [1.165, 1.54) is 18.7 Å². The molecular formula is C18H22F2N2O. The first-order chi connectivity index (χ1) is 10.8. The quantitative estimate of drug-likeness (QED) is 0.573. The van der Waals surface area contributed by atoms with Gasteiger partial charge in [-0.3, -0.25) is 0 Å². The van der Waals surface area contributed by atoms with Crippen molar-refractivity contribution in [2.45, 2.75) is 46.6 Å². The Labute approximate surface area is 135 Å². The lowest BCUT2D eigenvalue weighted by Gasteiger charge is -2.34. The predicted molar refractivity (Wildman–Crippen MR) is 87.3 cm³/mol. The molecule has 0 N–H and O–H groups in total. The van der Waals surface area contributed by atoms with E-state index >= 15 is 0 Å². The third kappa shape index (κ3) is 2.66. The second-order valence-electron chi connectivity index (χ2n) is 7.20. The molecular weight excluding hydrogens is 298 g/mol. The van der Waals surface area contributed by atoms with E-state index in [9.17, 15) is 8.78 Å². The SMILES string of the molecule is CC12CCC(C/C1=N/N=C/c1ccccc1OC(F)F)C2(C)C. The summed E-state index contributed by atoms with van der Waals surface area (Å²) in [6.45, 7) is 4.04. The van der Waals surface area contributed by atoms with E-state index in [0.29, 0.717) is 11.5 Å². The second-order valence-corrected chi connectivity index (χ2v) is 7.20. The van der Waals surface area contributed by atoms with Gasteiger partial charge in [0.2, 0.25) is 0 Å². The lowest BCUT2D eigenvalue weighted by Crippen LogP contribution is -2.32. The van der Waals surface area contributed by atoms with Crippen molar-refractivity contribution in [2.75, 3.05) is 0 Å². The maximum atomic E-state index is 12.4. The fourth-order valence-electron chi connectivity index (χ4n) is 4.03. The lowest BCUT2D eigenvalue weighted by atomic mass is 9.70. The molecule has 2 fully saturated rings. The Kier molecular flexibility index (Phi) is 3.98. The molecule has 2 saturated carbocycles. The highest BCUT2D eigenvalue weighted by Gasteiger charge is 2.59. The van der Waals surface area contributed by atoms with Gasteiger partial charge >= 0.3 is 6.61 Å². The van der Waals surface area contributed by atoms with Crippen molar-refractivity contribution in [3.05, 3.63) is 29.8 Å². The number of ether oxygens (including phenoxy) is 1. The molecule has 1 aromatic carbocycles. The van der Waals surface area contributed by atoms with Gasteiger partial charge in [0.1, 0.15) is 5.75 Å². The maximum absolute atomic E-state index is 12.4. The first-order valence-electron chi connectivity index (χ1n) is 7.99. The average Bonchev–Trinajstić information content (AvgIpc) is 2.82. The molecule has 0 heterocycles. The molecule has 0 amide bonds. The molecule has 23 heavy (non-hydrogen) atoms. The zero-order chi connectivity index (χ0) is 16.7. The zero-order valence-electron chi connectivity index (χ0n) is 13.7. The number of hydrogen-bond donors (Lipinski definition) is 0. The summed E-state index contributed by atoms with van der Waals surface area (Å²) in [4.78, 5) is 0. The van der Waals surface area contributed by atoms with Gasteiger partial charge in [0.05, 0.1) is 6.21 Å². The summed E-state index contributed by atoms with van der Waals surface area (Å²) in [5, 5.41) is 8.59. The topological polar surface area (TPSA) is 34.0 Å². The van der Waals surface area contributed by atoms with Crippen LogP contribution in [0.5, 0.6) is 5.75 Å². The molecule has 1 aromatic rings. The average molecular weight is 320 g/mol. The Morgan fingerprint density at radius 2 is 2.00 bits per heavy atom. The summed E-state index contributed by atoms with van der Waals surface area (Å²) in [6, 6.07) is 6.60. The molecule has 2 atom stereocenters. The minimum absolute atomic E-state index is 0.0913. The second kappa shape index (κ2) is 5.69. The summed E-state index contributed by atoms with van der Waals surface area (Å²) in [6.07, 6.45) is 4.87. The van der Waals surface area contributed by atoms with Crippen molar-refractivity contribution in [1.29, 1.82) is 0 Å². The largest absolute Gasteiger partial charge is 0.434 e. The number of nitrogens with zero attached hydrogens (tertiary/aromatic N) is 2. The molecule has 2 bridgehead atoms. The summed E-state index contributed by atoms with van der Waals surface area (Å²) >= 11 is 0. The Bertz CT molecular complexity index is 654. The summed E-state index contributed by atoms with van der Waals surface area (Å²) in [5.74, 6) is 0.779. The van der Waals surface area contributed by atoms with Crippen molar-refractivity contribution in [3.8, 4) is 5.75 Å². The van der Waals surface area contributed by atoms with Gasteiger partial charge in [-0.2, -0.15) is 19.0 Å². The monoisotopic (exact) mass is 320 g/mol. The molecule has 3 nitrogen and oxygen atoms in total. The van der Waals surface area contributed by atoms with E-state index < -0.39 is 6.61 Å². The summed E-state index contributed by atoms with van der Waals surface area (Å²) in [7, 11) is 0. The van der Waals surface area contributed by atoms with Gasteiger partial charge in [-0.1, -0.05) is 32.9 Å². The smallest absolute Gasteiger partial charge is 0.387 e. The fraction of sp³-hybridized carbons (Fsp3) is 0.556. The van der Waals surface area contributed by atoms with Crippen LogP contribution in [0.3, 0.4) is 0 Å². The van der Waals surface area contributed by atoms with Crippen molar-refractivity contribution in [1.82, 2.24) is 0 Å². The van der Waals surface area contributed by atoms with Gasteiger partial charge in [0.15, 0.2) is 0 Å². The van der Waals surface area contributed by atoms with Crippen LogP contribution < -0.4 is 4.74 Å². The van der Waals surface area contributed by atoms with Gasteiger partial charge in [-0.25, -0.2) is 0 Å². The molecule has 0 radical (unpaired) electrons. The number of fused-ring (bicyclic) bond motifs is 2. The summed E-state index contributed by atoms with van der Waals surface area (Å²) < 4.78 is 29.3. The third-order valence-electron chi connectivity index (χ3n) is 6.02. The van der Waals surface area contributed by atoms with E-state index in [-0.39, 0.29) is 16.6 Å². The van der Waals surface area contributed by atoms with Gasteiger partial charge in [0, 0.05) is 16.7 Å². The van der Waals surface area contributed by atoms with E-state index in [1.54, 1.807) is 18.2 Å². The van der Waals surface area contributed by atoms with E-state index in [2.05, 4.69) is 35.7 Å². The molecule has 2 aliphatic rings. The minimum atomic E-state index is -2.85. The summed E-state index contributed by atoms with van der Waals surface area (Å²) in [5.41, 5.74) is 1.97. The molecule has 124 valence electrons. The Hall–Kier alpha value is -1.78. The van der Waals surface area contributed by atoms with Crippen LogP contribution in [0.1, 0.15) is 45.6 Å². The standard InChI is InChI=1S/C18H22F2N2O/c1-17(2)13-8-9-18(17,3)15(10-13)22-21-11-12-6-4-5-7-14(12)23-16(19)20/h4-7,11,13,16H,8-10H2,1-3H3/b21-11+,22-15-. The maximum Gasteiger partial charge on any atom is 0.387 e. The van der Waals surface area contributed by atoms with Crippen LogP contribution in [0.25, 0.3) is 0 Å². The Balaban J connectivity index is 1.80. The number of rotatable bonds is 4. The van der Waals surface area contributed by atoms with Crippen molar-refractivity contribution >= 4 is 11.9 Å². The minimum Gasteiger partial charge on any atom is -0.434 e. The van der Waals surface area contributed by atoms with Gasteiger partial charge in [-0.05, 0) is 42.7 Å². The molecule has 5 heteroatoms. The van der Waals surface area contributed by atoms with Crippen molar-refractivity contribution in [2.24, 2.45) is 27.0 Å². The highest BCUT2D eigenvalue weighted by molar-refractivity contribution is 5.95. The van der Waals surface area contributed by atoms with Crippen LogP contribution in [0, 0.1) is 16.7 Å². The molecule has 3 rings (SSSR count). The van der Waals surface area contributed by atoms with Crippen LogP contribution >= 0.6 is 0 Å². The van der Waals surface area contributed by atoms with Crippen LogP contribution in [0.4, 0.5) is 8.78 Å². The number of para-hydroxylation sites is 1. The van der Waals surface area contributed by atoms with Gasteiger partial charge in [-0.15, -0.1) is 0 Å². The van der Waals surface area contributed by atoms with Crippen LogP contribution in [0.15, 0.2) is 34.5 Å². The molecule has 0 aromatic heterocycles. The number of alkyl halides is 2. The van der Waals surface area contributed by atoms with E-state index in [0.717, 1.165) is 18.6 Å². The number of benzene rings is 1. The Morgan fingerprint density at radius 3 is 2.61 bits per heavy atom. The van der Waals surface area contributed by atoms with Crippen LogP contribution in [-0.2, 0) is 0 Å². The number of hydrogen-bond acceptors (Lipinski definition) is 3. The molecule has 0 saturated heterocycles. The molecule has 2 unspecified atom stereocenters. The molecule has 0 spiro atoms. The van der Waals surface area contributed by atoms with E-state index in [4.69, 9.17) is 0 Å². The van der Waals surface area contributed by atoms with Crippen molar-refractivity contribution in [3.63, 3.8) is 0 Å². The molecule has 2 aliphatic carbocycles. The normalized spacial score (nSPS) is 30.7. The van der Waals surface area contributed by atoms with Crippen LogP contribution in [-0.4, -0.2) is 18.5 Å². The zero-order valence-corrected chi connectivity index (χ0v) is 13.7. The Morgan fingerprint density at radius 1 is 1.26 bits per heavy atom. The molecule has 0 aliphatic heterocycles. The lowest BCUT2D eigenvalue weighted by molar-refractivity contribution is -0.0499. The number of halogens is 2. The van der Waals surface area contributed by atoms with E-state index in [1.807, 2.05) is 0 Å². The van der Waals surface area contributed by atoms with Gasteiger partial charge in [0.25, 0.3) is 0 Å². The highest BCUT2D eigenvalue weighted by atomic mass is 19.3. The first-order valence-corrected chi connectivity index (χ1v) is 7.99. The van der Waals surface area contributed by atoms with Crippen LogP contribution in [0.2, 0.25) is 0 Å². The fourth-order valence-corrected chi connectivity index (χ4v) is 4.03. The highest BCUT2D eigenvalue weighted by Crippen LogP contribution is 2.63.